The molecular formula is C15H30N4O2. The number of rotatable bonds is 8. The van der Waals surface area contributed by atoms with Crippen LogP contribution in [0.2, 0.25) is 0 Å². The van der Waals surface area contributed by atoms with Crippen LogP contribution in [-0.2, 0) is 9.59 Å². The lowest BCUT2D eigenvalue weighted by Gasteiger charge is -2.31. The molecule has 1 aliphatic heterocycles. The van der Waals surface area contributed by atoms with Crippen LogP contribution in [0.1, 0.15) is 39.5 Å². The van der Waals surface area contributed by atoms with E-state index in [0.29, 0.717) is 25.4 Å². The summed E-state index contributed by atoms with van der Waals surface area (Å²) in [4.78, 5) is 25.0. The molecule has 1 heterocycles. The number of nitrogens with two attached hydrogens (primary N) is 2. The predicted molar refractivity (Wildman–Crippen MR) is 83.4 cm³/mol. The maximum atomic E-state index is 12.1. The molecule has 1 atom stereocenters. The van der Waals surface area contributed by atoms with Crippen LogP contribution in [-0.4, -0.2) is 48.9 Å². The molecule has 2 amide bonds. The number of nitrogens with one attached hydrogen (secondary N) is 1. The second kappa shape index (κ2) is 9.00. The van der Waals surface area contributed by atoms with Crippen LogP contribution >= 0.6 is 0 Å². The Kier molecular flexibility index (Phi) is 7.67. The Morgan fingerprint density at radius 2 is 1.90 bits per heavy atom. The van der Waals surface area contributed by atoms with Crippen molar-refractivity contribution >= 4 is 11.8 Å². The number of hydrogen-bond donors (Lipinski definition) is 3. The van der Waals surface area contributed by atoms with Gasteiger partial charge in [-0.05, 0) is 37.6 Å². The number of nitrogens with zero attached hydrogens (tertiary/aromatic N) is 1. The summed E-state index contributed by atoms with van der Waals surface area (Å²) in [6, 6.07) is 0.208. The van der Waals surface area contributed by atoms with E-state index in [9.17, 15) is 9.59 Å². The van der Waals surface area contributed by atoms with Gasteiger partial charge in [-0.25, -0.2) is 0 Å². The highest BCUT2D eigenvalue weighted by Crippen LogP contribution is 2.15. The Morgan fingerprint density at radius 3 is 2.38 bits per heavy atom. The molecular weight excluding hydrogens is 268 g/mol. The van der Waals surface area contributed by atoms with Crippen molar-refractivity contribution in [1.29, 1.82) is 0 Å². The Bertz CT molecular complexity index is 339. The van der Waals surface area contributed by atoms with E-state index in [1.54, 1.807) is 0 Å². The minimum Gasteiger partial charge on any atom is -0.369 e. The highest BCUT2D eigenvalue weighted by molar-refractivity contribution is 5.76. The third kappa shape index (κ3) is 7.43. The Balaban J connectivity index is 2.28. The van der Waals surface area contributed by atoms with Crippen LogP contribution in [0.25, 0.3) is 0 Å². The van der Waals surface area contributed by atoms with Gasteiger partial charge < -0.3 is 16.8 Å². The fraction of sp³-hybridized carbons (Fsp3) is 0.867. The number of piperidine rings is 1. The zero-order valence-corrected chi connectivity index (χ0v) is 13.3. The lowest BCUT2D eigenvalue weighted by molar-refractivity contribution is -0.123. The van der Waals surface area contributed by atoms with Crippen molar-refractivity contribution in [2.75, 3.05) is 26.2 Å². The molecule has 0 radical (unpaired) electrons. The molecule has 0 saturated carbocycles. The predicted octanol–water partition coefficient (Wildman–Crippen LogP) is 0.0634. The first-order valence-corrected chi connectivity index (χ1v) is 7.90. The maximum absolute atomic E-state index is 12.1. The summed E-state index contributed by atoms with van der Waals surface area (Å²) in [5.74, 6) is 0.625. The zero-order chi connectivity index (χ0) is 15.8. The van der Waals surface area contributed by atoms with Crippen LogP contribution in [0.5, 0.6) is 0 Å². The summed E-state index contributed by atoms with van der Waals surface area (Å²) in [5.41, 5.74) is 10.9. The molecule has 21 heavy (non-hydrogen) atoms. The summed E-state index contributed by atoms with van der Waals surface area (Å²) >= 11 is 0. The molecule has 0 bridgehead atoms. The van der Waals surface area contributed by atoms with E-state index in [1.807, 2.05) is 4.90 Å². The van der Waals surface area contributed by atoms with Crippen molar-refractivity contribution in [3.63, 3.8) is 0 Å². The lowest BCUT2D eigenvalue weighted by Crippen LogP contribution is -2.47. The fourth-order valence-corrected chi connectivity index (χ4v) is 2.93. The van der Waals surface area contributed by atoms with E-state index in [0.717, 1.165) is 32.4 Å². The molecule has 122 valence electrons. The first-order valence-electron chi connectivity index (χ1n) is 7.90. The number of carbonyl (C=O) groups excluding carboxylic acids is 2. The molecule has 0 aliphatic carbocycles. The highest BCUT2D eigenvalue weighted by atomic mass is 16.2. The van der Waals surface area contributed by atoms with Crippen LogP contribution in [0.4, 0.5) is 0 Å². The quantitative estimate of drug-likeness (QED) is 0.590. The normalized spacial score (nSPS) is 18.7. The van der Waals surface area contributed by atoms with Gasteiger partial charge in [0.25, 0.3) is 0 Å². The fourth-order valence-electron chi connectivity index (χ4n) is 2.93. The smallest absolute Gasteiger partial charge is 0.231 e. The van der Waals surface area contributed by atoms with Gasteiger partial charge in [0.2, 0.25) is 11.8 Å². The molecule has 1 saturated heterocycles. The summed E-state index contributed by atoms with van der Waals surface area (Å²) in [6.07, 6.45) is 3.24. The van der Waals surface area contributed by atoms with Crippen molar-refractivity contribution < 1.29 is 9.59 Å². The van der Waals surface area contributed by atoms with E-state index >= 15 is 0 Å². The second-order valence-electron chi connectivity index (χ2n) is 6.52. The summed E-state index contributed by atoms with van der Waals surface area (Å²) in [7, 11) is 0. The van der Waals surface area contributed by atoms with Gasteiger partial charge in [0, 0.05) is 25.6 Å². The lowest BCUT2D eigenvalue weighted by atomic mass is 9.93. The first kappa shape index (κ1) is 17.9. The van der Waals surface area contributed by atoms with Gasteiger partial charge in [-0.3, -0.25) is 14.5 Å². The maximum Gasteiger partial charge on any atom is 0.231 e. The van der Waals surface area contributed by atoms with Crippen LogP contribution in [0.15, 0.2) is 0 Å². The van der Waals surface area contributed by atoms with Crippen molar-refractivity contribution in [1.82, 2.24) is 10.2 Å². The number of carbonyl (C=O) groups is 2. The number of hydrogen-bond acceptors (Lipinski definition) is 4. The second-order valence-corrected chi connectivity index (χ2v) is 6.52. The van der Waals surface area contributed by atoms with Crippen molar-refractivity contribution in [2.24, 2.45) is 23.3 Å². The molecule has 1 aliphatic rings. The van der Waals surface area contributed by atoms with E-state index in [1.165, 1.54) is 0 Å². The van der Waals surface area contributed by atoms with Crippen LogP contribution in [0, 0.1) is 11.8 Å². The number of amides is 2. The third-order valence-corrected chi connectivity index (χ3v) is 3.94. The largest absolute Gasteiger partial charge is 0.369 e. The van der Waals surface area contributed by atoms with Crippen LogP contribution < -0.4 is 16.8 Å². The van der Waals surface area contributed by atoms with E-state index in [-0.39, 0.29) is 23.8 Å². The average Bonchev–Trinajstić information content (AvgIpc) is 2.39. The molecule has 1 fully saturated rings. The monoisotopic (exact) mass is 298 g/mol. The summed E-state index contributed by atoms with van der Waals surface area (Å²) in [6.45, 7) is 6.78. The summed E-state index contributed by atoms with van der Waals surface area (Å²) in [5, 5.41) is 3.09. The van der Waals surface area contributed by atoms with Gasteiger partial charge in [0.1, 0.15) is 0 Å². The highest BCUT2D eigenvalue weighted by Gasteiger charge is 2.22. The van der Waals surface area contributed by atoms with Gasteiger partial charge in [-0.2, -0.15) is 0 Å². The molecule has 0 aromatic rings. The van der Waals surface area contributed by atoms with E-state index < -0.39 is 0 Å². The molecule has 0 spiro atoms. The number of likely N-dealkylation sites (tertiary alicyclic amines) is 1. The standard InChI is InChI=1S/C15H30N4O2/c1-11(2)7-12(9-16)8-15(21)18-13-3-5-19(6-4-13)10-14(17)20/h11-13H,3-10,16H2,1-2H3,(H2,17,20)(H,18,21)/t12-/m0/s1. The molecule has 6 heteroatoms. The molecule has 5 N–H and O–H groups in total. The van der Waals surface area contributed by atoms with Crippen molar-refractivity contribution in [2.45, 2.75) is 45.6 Å². The zero-order valence-electron chi connectivity index (χ0n) is 13.3. The molecule has 0 aromatic heterocycles. The van der Waals surface area contributed by atoms with Crippen molar-refractivity contribution in [3.05, 3.63) is 0 Å². The average molecular weight is 298 g/mol. The molecule has 0 unspecified atom stereocenters. The van der Waals surface area contributed by atoms with E-state index in [4.69, 9.17) is 11.5 Å². The van der Waals surface area contributed by atoms with Crippen LogP contribution in [0.3, 0.4) is 0 Å². The van der Waals surface area contributed by atoms with Crippen molar-refractivity contribution in [3.8, 4) is 0 Å². The molecule has 6 nitrogen and oxygen atoms in total. The molecule has 0 aromatic carbocycles. The van der Waals surface area contributed by atoms with Gasteiger partial charge in [-0.15, -0.1) is 0 Å². The summed E-state index contributed by atoms with van der Waals surface area (Å²) < 4.78 is 0. The molecule has 1 rings (SSSR count). The first-order chi connectivity index (χ1) is 9.90. The van der Waals surface area contributed by atoms with Gasteiger partial charge >= 0.3 is 0 Å². The Hall–Kier alpha value is -1.14. The minimum absolute atomic E-state index is 0.0967. The van der Waals surface area contributed by atoms with Gasteiger partial charge in [0.05, 0.1) is 6.54 Å². The van der Waals surface area contributed by atoms with E-state index in [2.05, 4.69) is 19.2 Å². The Morgan fingerprint density at radius 1 is 1.29 bits per heavy atom. The number of primary amides is 1. The SMILES string of the molecule is CC(C)C[C@H](CN)CC(=O)NC1CCN(CC(N)=O)CC1. The minimum atomic E-state index is -0.294. The Labute approximate surface area is 127 Å². The van der Waals surface area contributed by atoms with Gasteiger partial charge in [-0.1, -0.05) is 13.8 Å². The third-order valence-electron chi connectivity index (χ3n) is 3.94. The van der Waals surface area contributed by atoms with Gasteiger partial charge in [0.15, 0.2) is 0 Å². The topological polar surface area (TPSA) is 101 Å².